The van der Waals surface area contributed by atoms with E-state index in [0.29, 0.717) is 5.69 Å². The number of benzene rings is 2. The quantitative estimate of drug-likeness (QED) is 0.128. The highest BCUT2D eigenvalue weighted by molar-refractivity contribution is 6.37. The molecule has 3 aromatic rings. The molecule has 1 aromatic heterocycles. The van der Waals surface area contributed by atoms with Gasteiger partial charge in [-0.15, -0.1) is 0 Å². The zero-order chi connectivity index (χ0) is 34.4. The zero-order valence-corrected chi connectivity index (χ0v) is 25.3. The summed E-state index contributed by atoms with van der Waals surface area (Å²) >= 11 is 6.81. The van der Waals surface area contributed by atoms with Gasteiger partial charge < -0.3 is 30.8 Å². The lowest BCUT2D eigenvalue weighted by atomic mass is 9.78. The van der Waals surface area contributed by atoms with Crippen LogP contribution in [-0.2, 0) is 11.8 Å². The first-order valence-electron chi connectivity index (χ1n) is 14.2. The molecule has 0 bridgehead atoms. The van der Waals surface area contributed by atoms with Crippen molar-refractivity contribution in [3.8, 4) is 11.5 Å². The Bertz CT molecular complexity index is 2810. The number of carbonyl (C=O) groups is 1. The molecule has 4 aliphatic rings. The van der Waals surface area contributed by atoms with E-state index in [1.54, 1.807) is 30.3 Å². The van der Waals surface area contributed by atoms with Crippen LogP contribution < -0.4 is 53.2 Å². The highest BCUT2D eigenvalue weighted by Gasteiger charge is 2.53. The second-order valence-electron chi connectivity index (χ2n) is 11.3. The predicted molar refractivity (Wildman–Crippen MR) is 174 cm³/mol. The summed E-state index contributed by atoms with van der Waals surface area (Å²) < 4.78 is 4.89. The van der Waals surface area contributed by atoms with Crippen LogP contribution in [-0.4, -0.2) is 39.7 Å². The molecule has 0 unspecified atom stereocenters. The first-order chi connectivity index (χ1) is 22.8. The number of aromatic hydroxyl groups is 1. The molecule has 15 heteroatoms. The van der Waals surface area contributed by atoms with Crippen LogP contribution in [0.1, 0.15) is 23.2 Å². The van der Waals surface area contributed by atoms with Crippen molar-refractivity contribution in [2.75, 3.05) is 12.1 Å². The maximum atomic E-state index is 13.7. The number of carbonyl (C=O) groups excluding carboxylic acids is 1. The Hall–Kier alpha value is -6.28. The van der Waals surface area contributed by atoms with Crippen LogP contribution >= 0.6 is 11.6 Å². The van der Waals surface area contributed by atoms with E-state index in [9.17, 15) is 44.1 Å². The third kappa shape index (κ3) is 3.83. The summed E-state index contributed by atoms with van der Waals surface area (Å²) in [5.74, 6) is -2.90. The number of halogens is 1. The topological polar surface area (TPSA) is 230 Å². The Morgan fingerprint density at radius 3 is 2.25 bits per heavy atom. The number of nitrogens with two attached hydrogens (primary N) is 1. The molecule has 0 aliphatic heterocycles. The van der Waals surface area contributed by atoms with Crippen LogP contribution in [0.25, 0.3) is 22.3 Å². The average Bonchev–Trinajstić information content (AvgIpc) is 3.57. The number of amides is 2. The number of rotatable bonds is 4. The molecule has 14 nitrogen and oxygen atoms in total. The van der Waals surface area contributed by atoms with Gasteiger partial charge in [-0.1, -0.05) is 29.8 Å². The highest BCUT2D eigenvalue weighted by Crippen LogP contribution is 2.56. The summed E-state index contributed by atoms with van der Waals surface area (Å²) in [6, 6.07) is 9.46. The largest absolute Gasteiger partial charge is 0.510 e. The number of phenols is 1. The number of H-pyrrole nitrogens is 1. The Kier molecular flexibility index (Phi) is 6.56. The van der Waals surface area contributed by atoms with E-state index < -0.39 is 82.6 Å². The van der Waals surface area contributed by atoms with Crippen molar-refractivity contribution in [1.29, 1.82) is 0 Å². The SMILES string of the molecule is COc1cc(=O)c2c(=O)c3c(c(=O)c=2c1=O)=C(O)[C@]1(CCc2c1c(O)c1c(=O)[nH]c(/C=N/N(C(N)=O)c4ccccc4)cc1c2Cl)C=3O. The maximum Gasteiger partial charge on any atom is 0.340 e. The molecule has 240 valence electrons. The van der Waals surface area contributed by atoms with Gasteiger partial charge in [-0.25, -0.2) is 4.79 Å². The van der Waals surface area contributed by atoms with Crippen LogP contribution in [0.3, 0.4) is 0 Å². The fraction of sp³-hybridized carbons (Fsp3) is 0.121. The van der Waals surface area contributed by atoms with Gasteiger partial charge in [-0.2, -0.15) is 10.1 Å². The van der Waals surface area contributed by atoms with Crippen LogP contribution in [0.2, 0.25) is 5.02 Å². The number of fused-ring (bicyclic) bond motifs is 4. The summed E-state index contributed by atoms with van der Waals surface area (Å²) in [5.41, 5.74) is -1.57. The molecule has 0 radical (unpaired) electrons. The Morgan fingerprint density at radius 2 is 1.62 bits per heavy atom. The number of para-hydroxylation sites is 1. The van der Waals surface area contributed by atoms with Gasteiger partial charge in [0.05, 0.1) is 56.0 Å². The minimum Gasteiger partial charge on any atom is -0.510 e. The number of aromatic amines is 1. The van der Waals surface area contributed by atoms with Gasteiger partial charge in [0.1, 0.15) is 22.7 Å². The van der Waals surface area contributed by atoms with E-state index in [4.69, 9.17) is 22.1 Å². The number of nitrogens with one attached hydrogen (secondary N) is 1. The van der Waals surface area contributed by atoms with Crippen LogP contribution in [0, 0.1) is 10.4 Å². The second kappa shape index (κ2) is 10.4. The van der Waals surface area contributed by atoms with E-state index in [1.165, 1.54) is 6.07 Å². The molecule has 6 N–H and O–H groups in total. The number of urea groups is 1. The fourth-order valence-electron chi connectivity index (χ4n) is 6.82. The molecule has 1 spiro atoms. The number of nitrogens with zero attached hydrogens (tertiary/aromatic N) is 2. The predicted octanol–water partition coefficient (Wildman–Crippen LogP) is 0.0863. The molecule has 0 saturated heterocycles. The number of hydrazone groups is 1. The number of pyridine rings is 1. The molecule has 1 heterocycles. The third-order valence-corrected chi connectivity index (χ3v) is 9.33. The van der Waals surface area contributed by atoms with Crippen molar-refractivity contribution < 1.29 is 24.9 Å². The van der Waals surface area contributed by atoms with E-state index >= 15 is 0 Å². The molecule has 2 amide bonds. The van der Waals surface area contributed by atoms with Crippen molar-refractivity contribution >= 4 is 51.8 Å². The number of ether oxygens (including phenoxy) is 1. The van der Waals surface area contributed by atoms with Gasteiger partial charge in [0, 0.05) is 17.0 Å². The third-order valence-electron chi connectivity index (χ3n) is 8.90. The van der Waals surface area contributed by atoms with Crippen molar-refractivity contribution in [1.82, 2.24) is 4.98 Å². The number of aliphatic hydroxyl groups is 2. The molecule has 4 aliphatic carbocycles. The van der Waals surface area contributed by atoms with E-state index in [1.807, 2.05) is 0 Å². The zero-order valence-electron chi connectivity index (χ0n) is 24.6. The summed E-state index contributed by atoms with van der Waals surface area (Å²) in [4.78, 5) is 81.2. The van der Waals surface area contributed by atoms with Gasteiger partial charge in [0.25, 0.3) is 5.56 Å². The Labute approximate surface area is 270 Å². The number of aromatic nitrogens is 1. The van der Waals surface area contributed by atoms with Crippen LogP contribution in [0.5, 0.6) is 11.5 Å². The van der Waals surface area contributed by atoms with E-state index in [0.717, 1.165) is 24.4 Å². The Morgan fingerprint density at radius 1 is 0.979 bits per heavy atom. The summed E-state index contributed by atoms with van der Waals surface area (Å²) in [5, 5.41) is 36.5. The molecule has 1 atom stereocenters. The molecule has 48 heavy (non-hydrogen) atoms. The lowest BCUT2D eigenvalue weighted by Gasteiger charge is -2.27. The van der Waals surface area contributed by atoms with Crippen LogP contribution in [0.15, 0.2) is 71.5 Å². The van der Waals surface area contributed by atoms with Crippen LogP contribution in [0.4, 0.5) is 10.5 Å². The van der Waals surface area contributed by atoms with Crippen molar-refractivity contribution in [2.24, 2.45) is 10.8 Å². The van der Waals surface area contributed by atoms with E-state index in [2.05, 4.69) is 10.1 Å². The molecular weight excluding hydrogens is 648 g/mol. The van der Waals surface area contributed by atoms with Gasteiger partial charge in [0.15, 0.2) is 11.2 Å². The number of anilines is 1. The molecule has 0 fully saturated rings. The van der Waals surface area contributed by atoms with E-state index in [-0.39, 0.29) is 45.5 Å². The summed E-state index contributed by atoms with van der Waals surface area (Å²) in [6.07, 6.45) is 0.907. The molecular formula is C33H21ClN4O10. The number of methoxy groups -OCH3 is 1. The normalized spacial score (nSPS) is 16.7. The smallest absolute Gasteiger partial charge is 0.340 e. The summed E-state index contributed by atoms with van der Waals surface area (Å²) in [6.45, 7) is 0. The van der Waals surface area contributed by atoms with Gasteiger partial charge in [-0.05, 0) is 36.6 Å². The number of hydrogen-bond acceptors (Lipinski definition) is 11. The Balaban J connectivity index is 1.48. The minimum atomic E-state index is -2.12. The van der Waals surface area contributed by atoms with Crippen molar-refractivity contribution in [3.05, 3.63) is 136 Å². The number of aliphatic hydroxyl groups excluding tert-OH is 2. The first-order valence-corrected chi connectivity index (χ1v) is 14.6. The fourth-order valence-corrected chi connectivity index (χ4v) is 7.16. The van der Waals surface area contributed by atoms with Crippen molar-refractivity contribution in [3.63, 3.8) is 0 Å². The number of hydrogen-bond donors (Lipinski definition) is 5. The maximum absolute atomic E-state index is 13.7. The number of phenolic OH excluding ortho intramolecular Hbond substituents is 1. The molecule has 7 rings (SSSR count). The lowest BCUT2D eigenvalue weighted by Crippen LogP contribution is -2.51. The number of primary amides is 1. The average molecular weight is 669 g/mol. The van der Waals surface area contributed by atoms with Gasteiger partial charge in [-0.3, -0.25) is 24.0 Å². The minimum absolute atomic E-state index is 0.0191. The molecule has 0 saturated carbocycles. The van der Waals surface area contributed by atoms with Gasteiger partial charge >= 0.3 is 6.03 Å². The highest BCUT2D eigenvalue weighted by atomic mass is 35.5. The second-order valence-corrected chi connectivity index (χ2v) is 11.6. The van der Waals surface area contributed by atoms with Gasteiger partial charge in [0.2, 0.25) is 16.3 Å². The van der Waals surface area contributed by atoms with Crippen molar-refractivity contribution in [2.45, 2.75) is 18.3 Å². The standard InChI is InChI=1S/C33H21ClN4O10/c1-48-17-10-16(39)19-20(25(17)40)27(42)22-21(26(19)41)29(44)33(30(22)45)8-7-14-23(33)28(43)18-15(24(14)34)9-12(37-31(18)46)11-36-38(32(35)47)13-5-3-2-4-6-13/h2-6,9-11,43-45H,7-8H2,1H3,(H2,35,47)(H,37,46)/b36-11+/t33-/m0/s1. The monoisotopic (exact) mass is 668 g/mol. The first kappa shape index (κ1) is 30.4. The summed E-state index contributed by atoms with van der Waals surface area (Å²) in [7, 11) is 1.10. The lowest BCUT2D eigenvalue weighted by molar-refractivity contribution is 0.254. The molecule has 2 aromatic carbocycles.